The van der Waals surface area contributed by atoms with Crippen LogP contribution in [-0.4, -0.2) is 28.7 Å². The van der Waals surface area contributed by atoms with Gasteiger partial charge in [-0.15, -0.1) is 0 Å². The maximum Gasteiger partial charge on any atom is 0.236 e. The van der Waals surface area contributed by atoms with Crippen LogP contribution in [0.3, 0.4) is 0 Å². The summed E-state index contributed by atoms with van der Waals surface area (Å²) in [6.07, 6.45) is 4.44. The van der Waals surface area contributed by atoms with E-state index in [0.29, 0.717) is 0 Å². The summed E-state index contributed by atoms with van der Waals surface area (Å²) in [6.45, 7) is 4.05. The van der Waals surface area contributed by atoms with Gasteiger partial charge in [-0.1, -0.05) is 29.3 Å². The molecular weight excluding hydrogens is 218 g/mol. The molecule has 70 valence electrons. The van der Waals surface area contributed by atoms with Gasteiger partial charge in [0.15, 0.2) is 0 Å². The molecule has 1 unspecified atom stereocenters. The molecule has 0 radical (unpaired) electrons. The van der Waals surface area contributed by atoms with E-state index in [4.69, 9.17) is 0 Å². The predicted molar refractivity (Wildman–Crippen MR) is 53.4 cm³/mol. The maximum atomic E-state index is 11.5. The SMILES string of the molecule is CCCCN1CCCC(Br)C1=O. The third kappa shape index (κ3) is 2.47. The quantitative estimate of drug-likeness (QED) is 0.685. The third-order valence-electron chi connectivity index (χ3n) is 2.25. The Balaban J connectivity index is 2.36. The van der Waals surface area contributed by atoms with Gasteiger partial charge in [0.25, 0.3) is 0 Å². The molecular formula is C9H16BrNO. The second-order valence-electron chi connectivity index (χ2n) is 3.29. The molecule has 0 aromatic heterocycles. The van der Waals surface area contributed by atoms with Crippen LogP contribution >= 0.6 is 15.9 Å². The van der Waals surface area contributed by atoms with Crippen LogP contribution in [0.1, 0.15) is 32.6 Å². The lowest BCUT2D eigenvalue weighted by atomic mass is 10.1. The van der Waals surface area contributed by atoms with Gasteiger partial charge in [0.1, 0.15) is 0 Å². The lowest BCUT2D eigenvalue weighted by molar-refractivity contribution is -0.132. The number of amides is 1. The molecule has 0 aromatic carbocycles. The minimum atomic E-state index is 0.0862. The van der Waals surface area contributed by atoms with Crippen molar-refractivity contribution in [2.24, 2.45) is 0 Å². The monoisotopic (exact) mass is 233 g/mol. The second-order valence-corrected chi connectivity index (χ2v) is 4.39. The van der Waals surface area contributed by atoms with Crippen LogP contribution in [-0.2, 0) is 4.79 Å². The Morgan fingerprint density at radius 3 is 3.08 bits per heavy atom. The third-order valence-corrected chi connectivity index (χ3v) is 3.10. The van der Waals surface area contributed by atoms with E-state index in [1.165, 1.54) is 0 Å². The molecule has 0 spiro atoms. The Bertz CT molecular complexity index is 161. The summed E-state index contributed by atoms with van der Waals surface area (Å²) >= 11 is 3.39. The molecule has 1 saturated heterocycles. The first-order chi connectivity index (χ1) is 5.75. The Labute approximate surface area is 82.4 Å². The fourth-order valence-corrected chi connectivity index (χ4v) is 2.08. The zero-order valence-electron chi connectivity index (χ0n) is 7.55. The molecule has 12 heavy (non-hydrogen) atoms. The average Bonchev–Trinajstić information content (AvgIpc) is 2.08. The molecule has 3 heteroatoms. The van der Waals surface area contributed by atoms with Crippen molar-refractivity contribution in [1.29, 1.82) is 0 Å². The summed E-state index contributed by atoms with van der Waals surface area (Å²) in [5, 5.41) is 0. The van der Waals surface area contributed by atoms with Gasteiger partial charge in [0.05, 0.1) is 4.83 Å². The summed E-state index contributed by atoms with van der Waals surface area (Å²) in [6, 6.07) is 0. The van der Waals surface area contributed by atoms with E-state index in [2.05, 4.69) is 22.9 Å². The Morgan fingerprint density at radius 2 is 2.42 bits per heavy atom. The second kappa shape index (κ2) is 4.85. The van der Waals surface area contributed by atoms with Gasteiger partial charge in [-0.2, -0.15) is 0 Å². The molecule has 1 heterocycles. The molecule has 0 bridgehead atoms. The lowest BCUT2D eigenvalue weighted by Crippen LogP contribution is -2.42. The van der Waals surface area contributed by atoms with Crippen molar-refractivity contribution < 1.29 is 4.79 Å². The highest BCUT2D eigenvalue weighted by atomic mass is 79.9. The van der Waals surface area contributed by atoms with Gasteiger partial charge >= 0.3 is 0 Å². The van der Waals surface area contributed by atoms with Crippen molar-refractivity contribution in [2.75, 3.05) is 13.1 Å². The van der Waals surface area contributed by atoms with Crippen LogP contribution in [0.15, 0.2) is 0 Å². The summed E-state index contributed by atoms with van der Waals surface area (Å²) in [7, 11) is 0. The molecule has 0 aromatic rings. The van der Waals surface area contributed by atoms with Gasteiger partial charge in [-0.05, 0) is 19.3 Å². The number of alkyl halides is 1. The Hall–Kier alpha value is -0.0500. The molecule has 1 atom stereocenters. The van der Waals surface area contributed by atoms with Crippen molar-refractivity contribution in [3.63, 3.8) is 0 Å². The Kier molecular flexibility index (Phi) is 4.06. The number of likely N-dealkylation sites (tertiary alicyclic amines) is 1. The number of hydrogen-bond acceptors (Lipinski definition) is 1. The van der Waals surface area contributed by atoms with E-state index in [1.807, 2.05) is 4.90 Å². The van der Waals surface area contributed by atoms with Crippen LogP contribution in [0.5, 0.6) is 0 Å². The molecule has 1 rings (SSSR count). The highest BCUT2D eigenvalue weighted by Crippen LogP contribution is 2.18. The van der Waals surface area contributed by atoms with Crippen molar-refractivity contribution in [1.82, 2.24) is 4.90 Å². The number of rotatable bonds is 3. The van der Waals surface area contributed by atoms with Gasteiger partial charge in [0.2, 0.25) is 5.91 Å². The van der Waals surface area contributed by atoms with Crippen LogP contribution in [0, 0.1) is 0 Å². The highest BCUT2D eigenvalue weighted by Gasteiger charge is 2.25. The molecule has 1 aliphatic heterocycles. The predicted octanol–water partition coefficient (Wildman–Crippen LogP) is 2.17. The number of unbranched alkanes of at least 4 members (excludes halogenated alkanes) is 1. The molecule has 2 nitrogen and oxygen atoms in total. The first kappa shape index (κ1) is 10.0. The molecule has 0 saturated carbocycles. The number of carbonyl (C=O) groups excluding carboxylic acids is 1. The zero-order chi connectivity index (χ0) is 8.97. The normalized spacial score (nSPS) is 24.7. The average molecular weight is 234 g/mol. The summed E-state index contributed by atoms with van der Waals surface area (Å²) < 4.78 is 0. The first-order valence-corrected chi connectivity index (χ1v) is 5.60. The van der Waals surface area contributed by atoms with E-state index in [-0.39, 0.29) is 10.7 Å². The topological polar surface area (TPSA) is 20.3 Å². The maximum absolute atomic E-state index is 11.5. The van der Waals surface area contributed by atoms with Gasteiger partial charge < -0.3 is 4.90 Å². The first-order valence-electron chi connectivity index (χ1n) is 4.68. The Morgan fingerprint density at radius 1 is 1.67 bits per heavy atom. The molecule has 0 aliphatic carbocycles. The number of nitrogens with zero attached hydrogens (tertiary/aromatic N) is 1. The fourth-order valence-electron chi connectivity index (χ4n) is 1.46. The van der Waals surface area contributed by atoms with E-state index >= 15 is 0 Å². The number of halogens is 1. The van der Waals surface area contributed by atoms with E-state index in [9.17, 15) is 4.79 Å². The summed E-state index contributed by atoms with van der Waals surface area (Å²) in [4.78, 5) is 13.6. The van der Waals surface area contributed by atoms with Crippen LogP contribution in [0.25, 0.3) is 0 Å². The van der Waals surface area contributed by atoms with E-state index in [1.54, 1.807) is 0 Å². The molecule has 0 N–H and O–H groups in total. The number of hydrogen-bond donors (Lipinski definition) is 0. The largest absolute Gasteiger partial charge is 0.342 e. The highest BCUT2D eigenvalue weighted by molar-refractivity contribution is 9.10. The minimum Gasteiger partial charge on any atom is -0.342 e. The fraction of sp³-hybridized carbons (Fsp3) is 0.889. The van der Waals surface area contributed by atoms with Gasteiger partial charge in [-0.25, -0.2) is 0 Å². The molecule has 1 fully saturated rings. The van der Waals surface area contributed by atoms with Gasteiger partial charge in [-0.3, -0.25) is 4.79 Å². The minimum absolute atomic E-state index is 0.0862. The van der Waals surface area contributed by atoms with Crippen molar-refractivity contribution in [2.45, 2.75) is 37.4 Å². The van der Waals surface area contributed by atoms with Crippen LogP contribution in [0.4, 0.5) is 0 Å². The number of carbonyl (C=O) groups is 1. The lowest BCUT2D eigenvalue weighted by Gasteiger charge is -2.29. The number of piperidine rings is 1. The van der Waals surface area contributed by atoms with Gasteiger partial charge in [0, 0.05) is 13.1 Å². The van der Waals surface area contributed by atoms with E-state index in [0.717, 1.165) is 38.8 Å². The smallest absolute Gasteiger partial charge is 0.236 e. The summed E-state index contributed by atoms with van der Waals surface area (Å²) in [5.74, 6) is 0.287. The molecule has 1 amide bonds. The van der Waals surface area contributed by atoms with Crippen LogP contribution in [0.2, 0.25) is 0 Å². The van der Waals surface area contributed by atoms with E-state index < -0.39 is 0 Å². The van der Waals surface area contributed by atoms with Crippen molar-refractivity contribution >= 4 is 21.8 Å². The van der Waals surface area contributed by atoms with Crippen LogP contribution < -0.4 is 0 Å². The zero-order valence-corrected chi connectivity index (χ0v) is 9.14. The van der Waals surface area contributed by atoms with Crippen molar-refractivity contribution in [3.05, 3.63) is 0 Å². The molecule has 1 aliphatic rings. The standard InChI is InChI=1S/C9H16BrNO/c1-2-3-6-11-7-4-5-8(10)9(11)12/h8H,2-7H2,1H3. The van der Waals surface area contributed by atoms with Crippen molar-refractivity contribution in [3.8, 4) is 0 Å². The summed E-state index contributed by atoms with van der Waals surface area (Å²) in [5.41, 5.74) is 0.